The van der Waals surface area contributed by atoms with E-state index in [2.05, 4.69) is 10.2 Å². The number of carbonyl (C=O) groups is 1. The number of amides is 1. The van der Waals surface area contributed by atoms with Gasteiger partial charge in [-0.1, -0.05) is 0 Å². The highest BCUT2D eigenvalue weighted by molar-refractivity contribution is 5.81. The summed E-state index contributed by atoms with van der Waals surface area (Å²) >= 11 is 0. The number of alkyl halides is 3. The van der Waals surface area contributed by atoms with Crippen molar-refractivity contribution in [3.63, 3.8) is 0 Å². The van der Waals surface area contributed by atoms with Crippen molar-refractivity contribution in [1.29, 1.82) is 0 Å². The second kappa shape index (κ2) is 6.92. The second-order valence-electron chi connectivity index (χ2n) is 6.11. The SMILES string of the molecule is C[C@@H](C(=O)N[C@@H](c1ccn(C)c1)C(F)(F)F)N1CCN(C)CC1. The summed E-state index contributed by atoms with van der Waals surface area (Å²) < 4.78 is 41.4. The molecule has 2 heterocycles. The third-order valence-electron chi connectivity index (χ3n) is 4.27. The van der Waals surface area contributed by atoms with Crippen LogP contribution in [0.4, 0.5) is 13.2 Å². The maximum atomic E-state index is 13.3. The van der Waals surface area contributed by atoms with Crippen molar-refractivity contribution in [2.24, 2.45) is 7.05 Å². The lowest BCUT2D eigenvalue weighted by atomic mass is 10.1. The largest absolute Gasteiger partial charge is 0.412 e. The Morgan fingerprint density at radius 2 is 1.83 bits per heavy atom. The minimum absolute atomic E-state index is 0.0407. The summed E-state index contributed by atoms with van der Waals surface area (Å²) in [5.74, 6) is -0.597. The molecule has 1 aromatic rings. The van der Waals surface area contributed by atoms with Crippen LogP contribution < -0.4 is 5.32 Å². The third kappa shape index (κ3) is 4.48. The molecule has 1 saturated heterocycles. The zero-order valence-electron chi connectivity index (χ0n) is 13.6. The molecule has 1 N–H and O–H groups in total. The second-order valence-corrected chi connectivity index (χ2v) is 6.11. The van der Waals surface area contributed by atoms with E-state index in [0.717, 1.165) is 13.1 Å². The van der Waals surface area contributed by atoms with Crippen LogP contribution in [0.1, 0.15) is 18.5 Å². The first-order valence-corrected chi connectivity index (χ1v) is 7.60. The number of hydrogen-bond donors (Lipinski definition) is 1. The predicted octanol–water partition coefficient (Wildman–Crippen LogP) is 1.38. The molecular weight excluding hydrogens is 309 g/mol. The van der Waals surface area contributed by atoms with Gasteiger partial charge in [0.1, 0.15) is 0 Å². The van der Waals surface area contributed by atoms with Crippen molar-refractivity contribution < 1.29 is 18.0 Å². The number of hydrogen-bond acceptors (Lipinski definition) is 3. The maximum Gasteiger partial charge on any atom is 0.412 e. The lowest BCUT2D eigenvalue weighted by Crippen LogP contribution is -2.54. The number of nitrogens with zero attached hydrogens (tertiary/aromatic N) is 3. The summed E-state index contributed by atoms with van der Waals surface area (Å²) in [4.78, 5) is 16.3. The molecule has 0 unspecified atom stereocenters. The van der Waals surface area contributed by atoms with E-state index >= 15 is 0 Å². The monoisotopic (exact) mass is 332 g/mol. The molecule has 1 aliphatic rings. The molecule has 0 aliphatic carbocycles. The molecular formula is C15H23F3N4O. The maximum absolute atomic E-state index is 13.3. The Kier molecular flexibility index (Phi) is 5.36. The molecule has 2 atom stereocenters. The van der Waals surface area contributed by atoms with E-state index in [4.69, 9.17) is 0 Å². The van der Waals surface area contributed by atoms with E-state index in [0.29, 0.717) is 13.1 Å². The summed E-state index contributed by atoms with van der Waals surface area (Å²) in [6, 6.07) is -1.19. The van der Waals surface area contributed by atoms with Crippen molar-refractivity contribution in [1.82, 2.24) is 19.7 Å². The van der Waals surface area contributed by atoms with Gasteiger partial charge in [0.2, 0.25) is 5.91 Å². The normalized spacial score (nSPS) is 20.3. The first kappa shape index (κ1) is 17.8. The van der Waals surface area contributed by atoms with Gasteiger partial charge < -0.3 is 14.8 Å². The van der Waals surface area contributed by atoms with E-state index in [-0.39, 0.29) is 5.56 Å². The van der Waals surface area contributed by atoms with E-state index < -0.39 is 24.2 Å². The first-order valence-electron chi connectivity index (χ1n) is 7.60. The molecule has 0 spiro atoms. The lowest BCUT2D eigenvalue weighted by molar-refractivity contribution is -0.165. The average molecular weight is 332 g/mol. The Labute approximate surface area is 134 Å². The van der Waals surface area contributed by atoms with Crippen LogP contribution in [0.3, 0.4) is 0 Å². The summed E-state index contributed by atoms with van der Waals surface area (Å²) in [6.07, 6.45) is -1.62. The van der Waals surface area contributed by atoms with Crippen molar-refractivity contribution in [2.75, 3.05) is 33.2 Å². The van der Waals surface area contributed by atoms with Gasteiger partial charge in [0.05, 0.1) is 6.04 Å². The molecule has 0 bridgehead atoms. The number of aromatic nitrogens is 1. The van der Waals surface area contributed by atoms with Gasteiger partial charge in [0.15, 0.2) is 6.04 Å². The summed E-state index contributed by atoms with van der Waals surface area (Å²) in [7, 11) is 3.63. The predicted molar refractivity (Wildman–Crippen MR) is 80.9 cm³/mol. The molecule has 5 nitrogen and oxygen atoms in total. The van der Waals surface area contributed by atoms with Crippen molar-refractivity contribution in [3.8, 4) is 0 Å². The summed E-state index contributed by atoms with van der Waals surface area (Å²) in [5.41, 5.74) is 0.0407. The van der Waals surface area contributed by atoms with Gasteiger partial charge in [-0.05, 0) is 20.0 Å². The van der Waals surface area contributed by atoms with Gasteiger partial charge >= 0.3 is 6.18 Å². The molecule has 0 aromatic carbocycles. The van der Waals surface area contributed by atoms with Crippen LogP contribution >= 0.6 is 0 Å². The number of nitrogens with one attached hydrogen (secondary N) is 1. The zero-order valence-corrected chi connectivity index (χ0v) is 13.6. The summed E-state index contributed by atoms with van der Waals surface area (Å²) in [5, 5.41) is 2.16. The molecule has 1 fully saturated rings. The lowest BCUT2D eigenvalue weighted by Gasteiger charge is -2.36. The van der Waals surface area contributed by atoms with Crippen molar-refractivity contribution >= 4 is 5.91 Å². The Hall–Kier alpha value is -1.54. The summed E-state index contributed by atoms with van der Waals surface area (Å²) in [6.45, 7) is 4.61. The third-order valence-corrected chi connectivity index (χ3v) is 4.27. The topological polar surface area (TPSA) is 40.5 Å². The Morgan fingerprint density at radius 1 is 1.22 bits per heavy atom. The Morgan fingerprint density at radius 3 is 2.30 bits per heavy atom. The molecule has 1 aromatic heterocycles. The fourth-order valence-electron chi connectivity index (χ4n) is 2.69. The van der Waals surface area contributed by atoms with Crippen LogP contribution in [-0.2, 0) is 11.8 Å². The van der Waals surface area contributed by atoms with Crippen LogP contribution in [-0.4, -0.2) is 65.7 Å². The van der Waals surface area contributed by atoms with Gasteiger partial charge in [0.25, 0.3) is 0 Å². The number of carbonyl (C=O) groups excluding carboxylic acids is 1. The van der Waals surface area contributed by atoms with Crippen molar-refractivity contribution in [2.45, 2.75) is 25.2 Å². The van der Waals surface area contributed by atoms with Crippen LogP contribution in [0, 0.1) is 0 Å². The van der Waals surface area contributed by atoms with Gasteiger partial charge in [0, 0.05) is 51.2 Å². The molecule has 0 saturated carbocycles. The molecule has 23 heavy (non-hydrogen) atoms. The van der Waals surface area contributed by atoms with E-state index in [9.17, 15) is 18.0 Å². The number of aryl methyl sites for hydroxylation is 1. The highest BCUT2D eigenvalue weighted by Crippen LogP contribution is 2.33. The van der Waals surface area contributed by atoms with Crippen molar-refractivity contribution in [3.05, 3.63) is 24.0 Å². The zero-order chi connectivity index (χ0) is 17.2. The quantitative estimate of drug-likeness (QED) is 0.906. The Balaban J connectivity index is 2.05. The molecule has 1 aliphatic heterocycles. The number of likely N-dealkylation sites (N-methyl/N-ethyl adjacent to an activating group) is 1. The van der Waals surface area contributed by atoms with Crippen LogP contribution in [0.2, 0.25) is 0 Å². The highest BCUT2D eigenvalue weighted by atomic mass is 19.4. The minimum atomic E-state index is -4.53. The molecule has 1 amide bonds. The molecule has 2 rings (SSSR count). The average Bonchev–Trinajstić information content (AvgIpc) is 2.89. The van der Waals surface area contributed by atoms with Crippen LogP contribution in [0.5, 0.6) is 0 Å². The van der Waals surface area contributed by atoms with Crippen LogP contribution in [0.15, 0.2) is 18.5 Å². The first-order chi connectivity index (χ1) is 10.7. The van der Waals surface area contributed by atoms with Gasteiger partial charge in [-0.3, -0.25) is 9.69 Å². The van der Waals surface area contributed by atoms with Gasteiger partial charge in [-0.2, -0.15) is 13.2 Å². The number of halogens is 3. The minimum Gasteiger partial charge on any atom is -0.357 e. The Bertz CT molecular complexity index is 535. The molecule has 8 heteroatoms. The standard InChI is InChI=1S/C15H23F3N4O/c1-11(22-8-6-20(2)7-9-22)14(23)19-13(15(16,17)18)12-4-5-21(3)10-12/h4-5,10-11,13H,6-9H2,1-3H3,(H,19,23)/t11-,13-/m0/s1. The smallest absolute Gasteiger partial charge is 0.357 e. The van der Waals surface area contributed by atoms with E-state index in [1.165, 1.54) is 23.0 Å². The van der Waals surface area contributed by atoms with Gasteiger partial charge in [-0.25, -0.2) is 0 Å². The van der Waals surface area contributed by atoms with Crippen LogP contribution in [0.25, 0.3) is 0 Å². The fraction of sp³-hybridized carbons (Fsp3) is 0.667. The molecule has 0 radical (unpaired) electrons. The fourth-order valence-corrected chi connectivity index (χ4v) is 2.69. The highest BCUT2D eigenvalue weighted by Gasteiger charge is 2.43. The molecule has 130 valence electrons. The number of rotatable bonds is 4. The van der Waals surface area contributed by atoms with E-state index in [1.807, 2.05) is 11.9 Å². The van der Waals surface area contributed by atoms with E-state index in [1.54, 1.807) is 14.0 Å². The van der Waals surface area contributed by atoms with Gasteiger partial charge in [-0.15, -0.1) is 0 Å². The number of piperazine rings is 1.